The van der Waals surface area contributed by atoms with Crippen LogP contribution in [-0.4, -0.2) is 52.8 Å². The van der Waals surface area contributed by atoms with E-state index in [9.17, 15) is 14.7 Å². The molecule has 110 valence electrons. The average molecular weight is 272 g/mol. The Morgan fingerprint density at radius 1 is 1.26 bits per heavy atom. The molecule has 2 atom stereocenters. The van der Waals surface area contributed by atoms with Crippen LogP contribution in [0, 0.1) is 0 Å². The van der Waals surface area contributed by atoms with Crippen molar-refractivity contribution in [3.8, 4) is 0 Å². The predicted molar refractivity (Wildman–Crippen MR) is 70.7 cm³/mol. The number of carbonyl (C=O) groups excluding carboxylic acids is 2. The first kappa shape index (κ1) is 15.8. The molecule has 0 aromatic carbocycles. The second-order valence-electron chi connectivity index (χ2n) is 6.01. The van der Waals surface area contributed by atoms with E-state index >= 15 is 0 Å². The largest absolute Gasteiger partial charge is 0.444 e. The van der Waals surface area contributed by atoms with E-state index in [1.807, 2.05) is 0 Å². The predicted octanol–water partition coefficient (Wildman–Crippen LogP) is 0.883. The van der Waals surface area contributed by atoms with Crippen LogP contribution in [0.2, 0.25) is 0 Å². The van der Waals surface area contributed by atoms with Gasteiger partial charge in [0.15, 0.2) is 0 Å². The molecule has 1 saturated heterocycles. The highest BCUT2D eigenvalue weighted by Gasteiger charge is 2.29. The first-order valence-electron chi connectivity index (χ1n) is 6.60. The topological polar surface area (TPSA) is 78.9 Å². The summed E-state index contributed by atoms with van der Waals surface area (Å²) < 4.78 is 5.30. The number of β-amino-alcohol motifs (C(OH)–C–C–N with tert-alkyl or cyclic N) is 1. The number of carbonyl (C=O) groups is 2. The Labute approximate surface area is 114 Å². The third-order valence-electron chi connectivity index (χ3n) is 2.78. The zero-order valence-corrected chi connectivity index (χ0v) is 12.1. The molecule has 19 heavy (non-hydrogen) atoms. The van der Waals surface area contributed by atoms with Crippen molar-refractivity contribution in [3.63, 3.8) is 0 Å². The maximum Gasteiger partial charge on any atom is 0.410 e. The highest BCUT2D eigenvalue weighted by atomic mass is 16.6. The van der Waals surface area contributed by atoms with Gasteiger partial charge in [0, 0.05) is 26.1 Å². The van der Waals surface area contributed by atoms with Gasteiger partial charge in [0.05, 0.1) is 6.10 Å². The molecule has 1 fully saturated rings. The maximum absolute atomic E-state index is 12.0. The van der Waals surface area contributed by atoms with Crippen molar-refractivity contribution in [2.45, 2.75) is 58.3 Å². The van der Waals surface area contributed by atoms with E-state index in [1.54, 1.807) is 20.8 Å². The number of aliphatic hydroxyl groups is 1. The van der Waals surface area contributed by atoms with E-state index in [0.717, 1.165) is 0 Å². The van der Waals surface area contributed by atoms with Gasteiger partial charge in [-0.2, -0.15) is 0 Å². The number of likely N-dealkylation sites (tertiary alicyclic amines) is 1. The lowest BCUT2D eigenvalue weighted by Gasteiger charge is -2.28. The van der Waals surface area contributed by atoms with Crippen molar-refractivity contribution >= 4 is 12.0 Å². The fraction of sp³-hybridized carbons (Fsp3) is 0.846. The molecule has 0 unspecified atom stereocenters. The molecule has 0 saturated carbocycles. The lowest BCUT2D eigenvalue weighted by molar-refractivity contribution is -0.119. The van der Waals surface area contributed by atoms with Crippen molar-refractivity contribution in [2.24, 2.45) is 0 Å². The van der Waals surface area contributed by atoms with Gasteiger partial charge < -0.3 is 20.1 Å². The minimum atomic E-state index is -0.578. The first-order chi connectivity index (χ1) is 8.67. The summed E-state index contributed by atoms with van der Waals surface area (Å²) in [5.41, 5.74) is -0.572. The molecule has 6 heteroatoms. The van der Waals surface area contributed by atoms with Gasteiger partial charge in [0.25, 0.3) is 0 Å². The van der Waals surface area contributed by atoms with E-state index < -0.39 is 17.8 Å². The van der Waals surface area contributed by atoms with Crippen molar-refractivity contribution in [2.75, 3.05) is 13.1 Å². The second-order valence-corrected chi connectivity index (χ2v) is 6.01. The number of rotatable bonds is 1. The van der Waals surface area contributed by atoms with Gasteiger partial charge in [-0.3, -0.25) is 4.79 Å². The molecule has 0 radical (unpaired) electrons. The quantitative estimate of drug-likeness (QED) is 0.743. The number of amides is 2. The maximum atomic E-state index is 12.0. The molecule has 0 bridgehead atoms. The van der Waals surface area contributed by atoms with Crippen molar-refractivity contribution in [3.05, 3.63) is 0 Å². The lowest BCUT2D eigenvalue weighted by Crippen LogP contribution is -2.46. The summed E-state index contributed by atoms with van der Waals surface area (Å²) in [6.07, 6.45) is 0.180. The molecule has 1 aliphatic rings. The van der Waals surface area contributed by atoms with Crippen LogP contribution in [0.5, 0.6) is 0 Å². The Morgan fingerprint density at radius 3 is 2.42 bits per heavy atom. The normalized spacial score (nSPS) is 24.6. The zero-order valence-electron chi connectivity index (χ0n) is 12.1. The van der Waals surface area contributed by atoms with Crippen LogP contribution >= 0.6 is 0 Å². The van der Waals surface area contributed by atoms with E-state index in [2.05, 4.69) is 5.32 Å². The highest BCUT2D eigenvalue weighted by molar-refractivity contribution is 5.73. The second kappa shape index (κ2) is 6.23. The Hall–Kier alpha value is -1.30. The fourth-order valence-corrected chi connectivity index (χ4v) is 2.05. The molecule has 1 rings (SSSR count). The number of ether oxygens (including phenoxy) is 1. The van der Waals surface area contributed by atoms with E-state index in [4.69, 9.17) is 4.74 Å². The lowest BCUT2D eigenvalue weighted by atomic mass is 10.1. The van der Waals surface area contributed by atoms with Crippen molar-refractivity contribution < 1.29 is 19.4 Å². The Kier molecular flexibility index (Phi) is 5.17. The molecular weight excluding hydrogens is 248 g/mol. The van der Waals surface area contributed by atoms with Crippen LogP contribution in [0.4, 0.5) is 4.79 Å². The fourth-order valence-electron chi connectivity index (χ4n) is 2.05. The van der Waals surface area contributed by atoms with Crippen molar-refractivity contribution in [1.29, 1.82) is 0 Å². The number of aliphatic hydroxyl groups excluding tert-OH is 1. The minimum Gasteiger partial charge on any atom is -0.444 e. The molecule has 2 N–H and O–H groups in total. The molecule has 0 aromatic heterocycles. The summed E-state index contributed by atoms with van der Waals surface area (Å²) in [5.74, 6) is -0.134. The van der Waals surface area contributed by atoms with Gasteiger partial charge in [-0.25, -0.2) is 4.79 Å². The molecule has 1 aliphatic heterocycles. The van der Waals surface area contributed by atoms with E-state index in [1.165, 1.54) is 11.8 Å². The van der Waals surface area contributed by atoms with Crippen molar-refractivity contribution in [1.82, 2.24) is 10.2 Å². The monoisotopic (exact) mass is 272 g/mol. The molecular formula is C13H24N2O4. The summed E-state index contributed by atoms with van der Waals surface area (Å²) >= 11 is 0. The molecule has 0 spiro atoms. The minimum absolute atomic E-state index is 0.134. The first-order valence-corrected chi connectivity index (χ1v) is 6.60. The van der Waals surface area contributed by atoms with E-state index in [0.29, 0.717) is 19.4 Å². The summed E-state index contributed by atoms with van der Waals surface area (Å²) in [7, 11) is 0. The molecule has 0 aromatic rings. The van der Waals surface area contributed by atoms with Gasteiger partial charge in [0.1, 0.15) is 5.60 Å². The van der Waals surface area contributed by atoms with Gasteiger partial charge in [-0.1, -0.05) is 0 Å². The Bertz CT molecular complexity index is 338. The Morgan fingerprint density at radius 2 is 1.89 bits per heavy atom. The average Bonchev–Trinajstić information content (AvgIpc) is 2.38. The number of hydrogen-bond donors (Lipinski definition) is 2. The highest BCUT2D eigenvalue weighted by Crippen LogP contribution is 2.15. The summed E-state index contributed by atoms with van der Waals surface area (Å²) in [5, 5.41) is 12.6. The van der Waals surface area contributed by atoms with Crippen LogP contribution in [0.25, 0.3) is 0 Å². The summed E-state index contributed by atoms with van der Waals surface area (Å²) in [6.45, 7) is 7.44. The van der Waals surface area contributed by atoms with Crippen LogP contribution in [0.1, 0.15) is 40.5 Å². The number of hydrogen-bond acceptors (Lipinski definition) is 4. The molecule has 2 amide bonds. The zero-order chi connectivity index (χ0) is 14.6. The summed E-state index contributed by atoms with van der Waals surface area (Å²) in [4.78, 5) is 24.6. The summed E-state index contributed by atoms with van der Waals surface area (Å²) in [6, 6.07) is -0.137. The van der Waals surface area contributed by atoms with Gasteiger partial charge >= 0.3 is 6.09 Å². The molecule has 6 nitrogen and oxygen atoms in total. The van der Waals surface area contributed by atoms with E-state index in [-0.39, 0.29) is 18.5 Å². The molecule has 0 aliphatic carbocycles. The standard InChI is InChI=1S/C13H24N2O4/c1-9(16)14-10-5-6-11(17)8-15(7-10)12(18)19-13(2,3)4/h10-11,17H,5-8H2,1-4H3,(H,14,16)/t10-,11+/m1/s1. The third kappa shape index (κ3) is 5.92. The van der Waals surface area contributed by atoms with Gasteiger partial charge in [-0.05, 0) is 33.6 Å². The Balaban J connectivity index is 2.68. The van der Waals surface area contributed by atoms with Crippen LogP contribution in [-0.2, 0) is 9.53 Å². The van der Waals surface area contributed by atoms with Crippen LogP contribution in [0.3, 0.4) is 0 Å². The number of nitrogens with zero attached hydrogens (tertiary/aromatic N) is 1. The number of nitrogens with one attached hydrogen (secondary N) is 1. The SMILES string of the molecule is CC(=O)N[C@@H]1CC[C@H](O)CN(C(=O)OC(C)(C)C)C1. The smallest absolute Gasteiger partial charge is 0.410 e. The molecule has 1 heterocycles. The van der Waals surface area contributed by atoms with Gasteiger partial charge in [-0.15, -0.1) is 0 Å². The third-order valence-corrected chi connectivity index (χ3v) is 2.78. The van der Waals surface area contributed by atoms with Crippen LogP contribution in [0.15, 0.2) is 0 Å². The van der Waals surface area contributed by atoms with Gasteiger partial charge in [0.2, 0.25) is 5.91 Å². The van der Waals surface area contributed by atoms with Crippen LogP contribution < -0.4 is 5.32 Å².